The van der Waals surface area contributed by atoms with Crippen LogP contribution in [0.5, 0.6) is 0 Å². The number of thiocarbonyl (C=S) groups is 1. The van der Waals surface area contributed by atoms with Gasteiger partial charge in [0.1, 0.15) is 0 Å². The standard InChI is InChI=1S/C16H11N3OS/c1-2-12-4-3-5-15(10-12)19-16(20)18-14-8-6-13(7-9-14)17-11-21/h1,3-10H,(H2,18,19,20). The number of benzene rings is 2. The van der Waals surface area contributed by atoms with Crippen molar-refractivity contribution >= 4 is 40.5 Å². The third kappa shape index (κ3) is 4.29. The number of anilines is 2. The predicted octanol–water partition coefficient (Wildman–Crippen LogP) is 4.05. The van der Waals surface area contributed by atoms with E-state index in [2.05, 4.69) is 38.9 Å². The first kappa shape index (κ1) is 14.5. The van der Waals surface area contributed by atoms with Gasteiger partial charge in [-0.3, -0.25) is 0 Å². The lowest BCUT2D eigenvalue weighted by atomic mass is 10.2. The molecule has 5 heteroatoms. The number of nitrogens with one attached hydrogen (secondary N) is 2. The van der Waals surface area contributed by atoms with Crippen LogP contribution in [0.15, 0.2) is 53.5 Å². The Balaban J connectivity index is 2.01. The van der Waals surface area contributed by atoms with Crippen LogP contribution in [0.2, 0.25) is 0 Å². The van der Waals surface area contributed by atoms with Crippen LogP contribution in [-0.4, -0.2) is 11.2 Å². The summed E-state index contributed by atoms with van der Waals surface area (Å²) in [5, 5.41) is 7.69. The zero-order valence-corrected chi connectivity index (χ0v) is 11.8. The van der Waals surface area contributed by atoms with Gasteiger partial charge in [-0.15, -0.1) is 6.42 Å². The summed E-state index contributed by atoms with van der Waals surface area (Å²) >= 11 is 4.52. The topological polar surface area (TPSA) is 53.5 Å². The minimum atomic E-state index is -0.352. The molecular weight excluding hydrogens is 282 g/mol. The van der Waals surface area contributed by atoms with Crippen LogP contribution >= 0.6 is 12.2 Å². The van der Waals surface area contributed by atoms with E-state index in [0.717, 1.165) is 0 Å². The molecule has 0 fully saturated rings. The second-order valence-corrected chi connectivity index (χ2v) is 4.24. The SMILES string of the molecule is C#Cc1cccc(NC(=O)Nc2ccc(N=C=S)cc2)c1. The Morgan fingerprint density at radius 3 is 2.48 bits per heavy atom. The molecule has 2 aromatic carbocycles. The number of amides is 2. The Bertz CT molecular complexity index is 741. The molecular formula is C16H11N3OS. The van der Waals surface area contributed by atoms with Gasteiger partial charge in [-0.1, -0.05) is 12.0 Å². The number of rotatable bonds is 3. The van der Waals surface area contributed by atoms with Gasteiger partial charge >= 0.3 is 6.03 Å². The van der Waals surface area contributed by atoms with Crippen molar-refractivity contribution in [3.05, 3.63) is 54.1 Å². The highest BCUT2D eigenvalue weighted by atomic mass is 32.1. The van der Waals surface area contributed by atoms with E-state index in [4.69, 9.17) is 6.42 Å². The van der Waals surface area contributed by atoms with Gasteiger partial charge in [0.25, 0.3) is 0 Å². The van der Waals surface area contributed by atoms with Crippen LogP contribution in [0.1, 0.15) is 5.56 Å². The van der Waals surface area contributed by atoms with Gasteiger partial charge in [-0.05, 0) is 54.7 Å². The van der Waals surface area contributed by atoms with Gasteiger partial charge in [0.2, 0.25) is 0 Å². The van der Waals surface area contributed by atoms with Gasteiger partial charge in [0, 0.05) is 16.9 Å². The fourth-order valence-corrected chi connectivity index (χ4v) is 1.76. The molecule has 0 atom stereocenters. The molecule has 0 radical (unpaired) electrons. The number of aliphatic imine (C=N–C) groups is 1. The Morgan fingerprint density at radius 2 is 1.81 bits per heavy atom. The normalized spacial score (nSPS) is 9.10. The maximum atomic E-state index is 11.9. The summed E-state index contributed by atoms with van der Waals surface area (Å²) in [6.07, 6.45) is 5.31. The number of isothiocyanates is 1. The Hall–Kier alpha value is -2.93. The molecule has 2 N–H and O–H groups in total. The van der Waals surface area contributed by atoms with Crippen molar-refractivity contribution < 1.29 is 4.79 Å². The Labute approximate surface area is 127 Å². The first-order valence-electron chi connectivity index (χ1n) is 6.04. The molecule has 0 aromatic heterocycles. The molecule has 0 aliphatic carbocycles. The van der Waals surface area contributed by atoms with E-state index in [1.54, 1.807) is 48.5 Å². The number of carbonyl (C=O) groups is 1. The first-order valence-corrected chi connectivity index (χ1v) is 6.45. The highest BCUT2D eigenvalue weighted by Gasteiger charge is 2.03. The number of terminal acetylenes is 1. The lowest BCUT2D eigenvalue weighted by Crippen LogP contribution is -2.19. The van der Waals surface area contributed by atoms with E-state index < -0.39 is 0 Å². The number of hydrogen-bond donors (Lipinski definition) is 2. The predicted molar refractivity (Wildman–Crippen MR) is 88.1 cm³/mol. The molecule has 0 bridgehead atoms. The third-order valence-electron chi connectivity index (χ3n) is 2.59. The van der Waals surface area contributed by atoms with Gasteiger partial charge in [0.05, 0.1) is 10.8 Å². The minimum absolute atomic E-state index is 0.352. The number of carbonyl (C=O) groups excluding carboxylic acids is 1. The van der Waals surface area contributed by atoms with Crippen LogP contribution in [0.3, 0.4) is 0 Å². The summed E-state index contributed by atoms with van der Waals surface area (Å²) in [4.78, 5) is 15.7. The molecule has 2 rings (SSSR count). The molecule has 102 valence electrons. The first-order chi connectivity index (χ1) is 10.2. The van der Waals surface area contributed by atoms with Gasteiger partial charge in [-0.2, -0.15) is 4.99 Å². The molecule has 0 unspecified atom stereocenters. The van der Waals surface area contributed by atoms with Crippen LogP contribution in [-0.2, 0) is 0 Å². The van der Waals surface area contributed by atoms with Crippen molar-refractivity contribution in [1.82, 2.24) is 0 Å². The second kappa shape index (κ2) is 7.01. The zero-order chi connectivity index (χ0) is 15.1. The summed E-state index contributed by atoms with van der Waals surface area (Å²) in [6.45, 7) is 0. The van der Waals surface area contributed by atoms with Crippen LogP contribution < -0.4 is 10.6 Å². The lowest BCUT2D eigenvalue weighted by molar-refractivity contribution is 0.262. The molecule has 0 aliphatic heterocycles. The molecule has 21 heavy (non-hydrogen) atoms. The molecule has 4 nitrogen and oxygen atoms in total. The largest absolute Gasteiger partial charge is 0.323 e. The summed E-state index contributed by atoms with van der Waals surface area (Å²) in [5.74, 6) is 2.51. The second-order valence-electron chi connectivity index (χ2n) is 4.05. The van der Waals surface area contributed by atoms with Gasteiger partial charge in [0.15, 0.2) is 0 Å². The Kier molecular flexibility index (Phi) is 4.84. The van der Waals surface area contributed by atoms with E-state index in [1.807, 2.05) is 0 Å². The van der Waals surface area contributed by atoms with Crippen LogP contribution in [0.4, 0.5) is 21.9 Å². The summed E-state index contributed by atoms with van der Waals surface area (Å²) in [6, 6.07) is 13.6. The van der Waals surface area contributed by atoms with Crippen molar-refractivity contribution in [1.29, 1.82) is 0 Å². The summed E-state index contributed by atoms with van der Waals surface area (Å²) in [7, 11) is 0. The van der Waals surface area contributed by atoms with Crippen LogP contribution in [0, 0.1) is 12.3 Å². The molecule has 0 saturated heterocycles. The van der Waals surface area contributed by atoms with E-state index in [1.165, 1.54) is 0 Å². The van der Waals surface area contributed by atoms with E-state index in [9.17, 15) is 4.79 Å². The quantitative estimate of drug-likeness (QED) is 0.509. The van der Waals surface area contributed by atoms with Crippen molar-refractivity contribution in [2.24, 2.45) is 4.99 Å². The lowest BCUT2D eigenvalue weighted by Gasteiger charge is -2.08. The van der Waals surface area contributed by atoms with Gasteiger partial charge in [-0.25, -0.2) is 4.79 Å². The molecule has 0 saturated carbocycles. The zero-order valence-electron chi connectivity index (χ0n) is 11.0. The smallest absolute Gasteiger partial charge is 0.308 e. The monoisotopic (exact) mass is 293 g/mol. The number of hydrogen-bond acceptors (Lipinski definition) is 3. The van der Waals surface area contributed by atoms with Crippen molar-refractivity contribution in [2.45, 2.75) is 0 Å². The fourth-order valence-electron chi connectivity index (χ4n) is 1.65. The highest BCUT2D eigenvalue weighted by molar-refractivity contribution is 7.78. The van der Waals surface area contributed by atoms with Crippen molar-refractivity contribution in [3.63, 3.8) is 0 Å². The van der Waals surface area contributed by atoms with Crippen molar-refractivity contribution in [2.75, 3.05) is 10.6 Å². The summed E-state index contributed by atoms with van der Waals surface area (Å²) in [5.41, 5.74) is 2.65. The minimum Gasteiger partial charge on any atom is -0.308 e. The molecule has 0 heterocycles. The average molecular weight is 293 g/mol. The van der Waals surface area contributed by atoms with Crippen LogP contribution in [0.25, 0.3) is 0 Å². The van der Waals surface area contributed by atoms with E-state index in [-0.39, 0.29) is 6.03 Å². The number of nitrogens with zero attached hydrogens (tertiary/aromatic N) is 1. The summed E-state index contributed by atoms with van der Waals surface area (Å²) < 4.78 is 0. The molecule has 0 spiro atoms. The molecule has 2 aromatic rings. The maximum Gasteiger partial charge on any atom is 0.323 e. The van der Waals surface area contributed by atoms with Crippen molar-refractivity contribution in [3.8, 4) is 12.3 Å². The third-order valence-corrected chi connectivity index (χ3v) is 2.68. The molecule has 2 amide bonds. The maximum absolute atomic E-state index is 11.9. The molecule has 0 aliphatic rings. The van der Waals surface area contributed by atoms with Gasteiger partial charge < -0.3 is 10.6 Å². The average Bonchev–Trinajstić information content (AvgIpc) is 2.49. The fraction of sp³-hybridized carbons (Fsp3) is 0. The van der Waals surface area contributed by atoms with E-state index >= 15 is 0 Å². The highest BCUT2D eigenvalue weighted by Crippen LogP contribution is 2.16. The Morgan fingerprint density at radius 1 is 1.10 bits per heavy atom. The van der Waals surface area contributed by atoms with E-state index in [0.29, 0.717) is 22.6 Å². The number of urea groups is 1.